The summed E-state index contributed by atoms with van der Waals surface area (Å²) in [6, 6.07) is 10.1. The van der Waals surface area contributed by atoms with Gasteiger partial charge >= 0.3 is 5.97 Å². The van der Waals surface area contributed by atoms with Crippen molar-refractivity contribution in [2.75, 3.05) is 24.7 Å². The molecule has 2 N–H and O–H groups in total. The zero-order chi connectivity index (χ0) is 24.3. The van der Waals surface area contributed by atoms with Gasteiger partial charge in [0.1, 0.15) is 30.1 Å². The van der Waals surface area contributed by atoms with Gasteiger partial charge < -0.3 is 29.2 Å². The first-order chi connectivity index (χ1) is 16.9. The number of anilines is 1. The van der Waals surface area contributed by atoms with E-state index in [4.69, 9.17) is 9.47 Å². The summed E-state index contributed by atoms with van der Waals surface area (Å²) in [5.74, 6) is -1.21. The van der Waals surface area contributed by atoms with Gasteiger partial charge in [0, 0.05) is 25.2 Å². The third-order valence-corrected chi connectivity index (χ3v) is 7.09. The second-order valence-electron chi connectivity index (χ2n) is 9.68. The molecule has 1 aromatic heterocycles. The van der Waals surface area contributed by atoms with E-state index in [0.29, 0.717) is 5.52 Å². The third-order valence-electron chi connectivity index (χ3n) is 7.09. The molecule has 1 saturated carbocycles. The van der Waals surface area contributed by atoms with Crippen molar-refractivity contribution in [2.45, 2.75) is 43.6 Å². The molecule has 0 bridgehead atoms. The lowest BCUT2D eigenvalue weighted by Gasteiger charge is -2.34. The molecule has 35 heavy (non-hydrogen) atoms. The van der Waals surface area contributed by atoms with Crippen LogP contribution >= 0.6 is 0 Å². The molecule has 3 heterocycles. The quantitative estimate of drug-likeness (QED) is 0.541. The van der Waals surface area contributed by atoms with Crippen LogP contribution in [0, 0.1) is 5.82 Å². The van der Waals surface area contributed by atoms with E-state index in [1.165, 1.54) is 6.20 Å². The van der Waals surface area contributed by atoms with Gasteiger partial charge in [-0.25, -0.2) is 9.18 Å². The average Bonchev–Trinajstić information content (AvgIpc) is 3.64. The van der Waals surface area contributed by atoms with Gasteiger partial charge in [-0.1, -0.05) is 30.3 Å². The number of hydrogen-bond acceptors (Lipinski definition) is 7. The molecule has 2 aliphatic heterocycles. The minimum Gasteiger partial charge on any atom is -0.487 e. The fourth-order valence-corrected chi connectivity index (χ4v) is 5.20. The number of aliphatic hydroxyl groups excluding tert-OH is 1. The van der Waals surface area contributed by atoms with Crippen molar-refractivity contribution in [3.05, 3.63) is 69.8 Å². The molecular weight excluding hydrogens is 455 g/mol. The highest BCUT2D eigenvalue weighted by molar-refractivity contribution is 5.98. The van der Waals surface area contributed by atoms with Gasteiger partial charge in [0.25, 0.3) is 0 Å². The van der Waals surface area contributed by atoms with Crippen molar-refractivity contribution < 1.29 is 28.9 Å². The van der Waals surface area contributed by atoms with Crippen molar-refractivity contribution in [1.29, 1.82) is 0 Å². The number of fused-ring (bicyclic) bond motifs is 5. The number of nitrogens with zero attached hydrogens (tertiary/aromatic N) is 2. The molecule has 9 heteroatoms. The van der Waals surface area contributed by atoms with E-state index in [9.17, 15) is 19.8 Å². The monoisotopic (exact) mass is 480 g/mol. The number of esters is 1. The first-order valence-corrected chi connectivity index (χ1v) is 11.7. The number of hydrogen-bond donors (Lipinski definition) is 2. The summed E-state index contributed by atoms with van der Waals surface area (Å²) in [5.41, 5.74) is -0.710. The third kappa shape index (κ3) is 3.66. The number of benzene rings is 2. The summed E-state index contributed by atoms with van der Waals surface area (Å²) in [6.07, 6.45) is 3.47. The van der Waals surface area contributed by atoms with E-state index < -0.39 is 29.4 Å². The van der Waals surface area contributed by atoms with Gasteiger partial charge in [-0.3, -0.25) is 4.79 Å². The van der Waals surface area contributed by atoms with E-state index in [1.807, 2.05) is 34.9 Å². The molecule has 0 radical (unpaired) electrons. The first-order valence-electron chi connectivity index (χ1n) is 11.7. The van der Waals surface area contributed by atoms with Crippen molar-refractivity contribution in [3.8, 4) is 5.75 Å². The van der Waals surface area contributed by atoms with E-state index in [-0.39, 0.29) is 60.6 Å². The minimum atomic E-state index is -1.35. The van der Waals surface area contributed by atoms with Crippen LogP contribution in [0.5, 0.6) is 5.75 Å². The number of aliphatic hydroxyl groups is 2. The van der Waals surface area contributed by atoms with Crippen molar-refractivity contribution in [1.82, 2.24) is 4.57 Å². The highest BCUT2D eigenvalue weighted by Crippen LogP contribution is 2.48. The lowest BCUT2D eigenvalue weighted by atomic mass is 10.0. The molecule has 1 aliphatic carbocycles. The molecular formula is C26H25FN2O6. The maximum absolute atomic E-state index is 15.5. The van der Waals surface area contributed by atoms with Gasteiger partial charge in [0.05, 0.1) is 23.6 Å². The number of ether oxygens (including phenoxy) is 2. The second-order valence-corrected chi connectivity index (χ2v) is 9.68. The summed E-state index contributed by atoms with van der Waals surface area (Å²) < 4.78 is 28.7. The van der Waals surface area contributed by atoms with Gasteiger partial charge in [0.15, 0.2) is 11.6 Å². The Hall–Kier alpha value is -3.43. The fourth-order valence-electron chi connectivity index (χ4n) is 5.20. The first kappa shape index (κ1) is 22.1. The normalized spacial score (nSPS) is 23.1. The molecule has 1 saturated heterocycles. The Balaban J connectivity index is 1.45. The van der Waals surface area contributed by atoms with Crippen molar-refractivity contribution in [2.24, 2.45) is 0 Å². The summed E-state index contributed by atoms with van der Waals surface area (Å²) in [6.45, 7) is -0.170. The van der Waals surface area contributed by atoms with Crippen LogP contribution in [0.25, 0.3) is 10.9 Å². The predicted octanol–water partition coefficient (Wildman–Crippen LogP) is 2.53. The lowest BCUT2D eigenvalue weighted by molar-refractivity contribution is 0.00141. The van der Waals surface area contributed by atoms with E-state index in [0.717, 1.165) is 24.5 Å². The Labute approximate surface area is 200 Å². The Morgan fingerprint density at radius 2 is 2.00 bits per heavy atom. The number of carbonyl (C=O) groups is 1. The molecule has 3 aromatic rings. The van der Waals surface area contributed by atoms with Crippen LogP contribution in [0.2, 0.25) is 0 Å². The van der Waals surface area contributed by atoms with Gasteiger partial charge in [-0.2, -0.15) is 0 Å². The molecule has 2 aromatic carbocycles. The van der Waals surface area contributed by atoms with Crippen molar-refractivity contribution >= 4 is 22.6 Å². The van der Waals surface area contributed by atoms with Crippen LogP contribution in [-0.4, -0.2) is 52.2 Å². The van der Waals surface area contributed by atoms with Crippen LogP contribution in [0.1, 0.15) is 41.2 Å². The van der Waals surface area contributed by atoms with E-state index >= 15 is 4.39 Å². The van der Waals surface area contributed by atoms with Gasteiger partial charge in [-0.05, 0) is 24.5 Å². The smallest absolute Gasteiger partial charge is 0.343 e. The maximum atomic E-state index is 15.5. The lowest BCUT2D eigenvalue weighted by Crippen LogP contribution is -2.40. The topological polar surface area (TPSA) is 101 Å². The fraction of sp³-hybridized carbons (Fsp3) is 0.385. The molecule has 0 amide bonds. The summed E-state index contributed by atoms with van der Waals surface area (Å²) >= 11 is 0. The molecule has 3 aliphatic rings. The van der Waals surface area contributed by atoms with Crippen LogP contribution in [-0.2, 0) is 11.3 Å². The zero-order valence-corrected chi connectivity index (χ0v) is 18.9. The standard InChI is InChI=1S/C26H25FN2O6/c27-20-8-18-21(24-22(20)29-13-26(33,14-30)9-17(29)12-34-24)28(16-6-7-16)10-19(23(18)31)25(32)35-11-15-4-2-1-3-5-15/h1-5,8,10,16-17,30,33H,6-7,9,11-14H2/t17-,26-/m0/s1. The van der Waals surface area contributed by atoms with Crippen LogP contribution < -0.4 is 15.1 Å². The predicted molar refractivity (Wildman–Crippen MR) is 125 cm³/mol. The van der Waals surface area contributed by atoms with E-state index in [2.05, 4.69) is 0 Å². The highest BCUT2D eigenvalue weighted by Gasteiger charge is 2.47. The Morgan fingerprint density at radius 3 is 2.71 bits per heavy atom. The zero-order valence-electron chi connectivity index (χ0n) is 18.9. The minimum absolute atomic E-state index is 0.0202. The number of rotatable bonds is 5. The maximum Gasteiger partial charge on any atom is 0.343 e. The SMILES string of the molecule is O=C(OCc1ccccc1)c1cn(C2CC2)c2c3c(c(F)cc2c1=O)N1C[C@](O)(CO)C[C@H]1CO3. The second kappa shape index (κ2) is 8.07. The van der Waals surface area contributed by atoms with Gasteiger partial charge in [-0.15, -0.1) is 0 Å². The highest BCUT2D eigenvalue weighted by atomic mass is 19.1. The number of pyridine rings is 1. The molecule has 2 fully saturated rings. The van der Waals surface area contributed by atoms with E-state index in [1.54, 1.807) is 4.90 Å². The summed E-state index contributed by atoms with van der Waals surface area (Å²) in [7, 11) is 0. The molecule has 2 atom stereocenters. The Kier molecular flexibility index (Phi) is 5.08. The average molecular weight is 480 g/mol. The van der Waals surface area contributed by atoms with Crippen molar-refractivity contribution in [3.63, 3.8) is 0 Å². The number of carbonyl (C=O) groups excluding carboxylic acids is 1. The van der Waals surface area contributed by atoms with Crippen LogP contribution in [0.4, 0.5) is 10.1 Å². The van der Waals surface area contributed by atoms with Gasteiger partial charge in [0.2, 0.25) is 5.43 Å². The molecule has 182 valence electrons. The molecule has 0 unspecified atom stereocenters. The molecule has 0 spiro atoms. The molecule has 6 rings (SSSR count). The molecule has 8 nitrogen and oxygen atoms in total. The Morgan fingerprint density at radius 1 is 1.23 bits per heavy atom. The Bertz CT molecular complexity index is 1390. The van der Waals surface area contributed by atoms with Crippen LogP contribution in [0.15, 0.2) is 47.4 Å². The largest absolute Gasteiger partial charge is 0.487 e. The summed E-state index contributed by atoms with van der Waals surface area (Å²) in [5, 5.41) is 20.3. The van der Waals surface area contributed by atoms with Crippen LogP contribution in [0.3, 0.4) is 0 Å². The number of halogens is 1. The number of aromatic nitrogens is 1. The summed E-state index contributed by atoms with van der Waals surface area (Å²) in [4.78, 5) is 28.0.